The van der Waals surface area contributed by atoms with Gasteiger partial charge in [0.25, 0.3) is 5.69 Å². The molecule has 2 amide bonds. The van der Waals surface area contributed by atoms with Crippen molar-refractivity contribution in [3.63, 3.8) is 0 Å². The Balaban J connectivity index is 2.14. The van der Waals surface area contributed by atoms with Crippen molar-refractivity contribution in [3.05, 3.63) is 63.2 Å². The minimum atomic E-state index is -0.758. The van der Waals surface area contributed by atoms with Gasteiger partial charge in [-0.25, -0.2) is 10.2 Å². The molecule has 2 aromatic rings. The van der Waals surface area contributed by atoms with Crippen molar-refractivity contribution in [3.8, 4) is 11.5 Å². The molecule has 9 heteroatoms. The SMILES string of the molecule is COc1ccc(C=NNC(N)=O)cc1COc1ccc([N+](=O)[O-])c(C)c1. The molecule has 26 heavy (non-hydrogen) atoms. The molecule has 0 aliphatic carbocycles. The van der Waals surface area contributed by atoms with Gasteiger partial charge < -0.3 is 15.2 Å². The molecule has 9 nitrogen and oxygen atoms in total. The predicted molar refractivity (Wildman–Crippen MR) is 95.5 cm³/mol. The first kappa shape index (κ1) is 18.7. The Morgan fingerprint density at radius 3 is 2.73 bits per heavy atom. The molecular formula is C17H18N4O5. The number of methoxy groups -OCH3 is 1. The minimum Gasteiger partial charge on any atom is -0.496 e. The second kappa shape index (κ2) is 8.47. The number of aryl methyl sites for hydroxylation is 1. The molecule has 0 aromatic heterocycles. The average Bonchev–Trinajstić information content (AvgIpc) is 2.59. The van der Waals surface area contributed by atoms with Crippen LogP contribution >= 0.6 is 0 Å². The molecule has 0 heterocycles. The van der Waals surface area contributed by atoms with E-state index in [1.54, 1.807) is 37.3 Å². The van der Waals surface area contributed by atoms with E-state index < -0.39 is 11.0 Å². The van der Waals surface area contributed by atoms with Gasteiger partial charge in [0.2, 0.25) is 0 Å². The molecule has 0 saturated carbocycles. The van der Waals surface area contributed by atoms with Crippen molar-refractivity contribution in [1.82, 2.24) is 5.43 Å². The molecule has 0 atom stereocenters. The monoisotopic (exact) mass is 358 g/mol. The van der Waals surface area contributed by atoms with E-state index in [-0.39, 0.29) is 12.3 Å². The summed E-state index contributed by atoms with van der Waals surface area (Å²) in [4.78, 5) is 21.0. The molecule has 0 saturated heterocycles. The second-order valence-corrected chi connectivity index (χ2v) is 5.30. The fraction of sp³-hybridized carbons (Fsp3) is 0.176. The van der Waals surface area contributed by atoms with Crippen LogP contribution in [0.1, 0.15) is 16.7 Å². The normalized spacial score (nSPS) is 10.5. The van der Waals surface area contributed by atoms with Gasteiger partial charge in [-0.15, -0.1) is 0 Å². The number of nitrogens with two attached hydrogens (primary N) is 1. The van der Waals surface area contributed by atoms with Crippen LogP contribution in [0.15, 0.2) is 41.5 Å². The molecule has 2 rings (SSSR count). The van der Waals surface area contributed by atoms with Gasteiger partial charge in [0.1, 0.15) is 18.1 Å². The predicted octanol–water partition coefficient (Wildman–Crippen LogP) is 2.49. The van der Waals surface area contributed by atoms with Crippen LogP contribution in [0.3, 0.4) is 0 Å². The highest BCUT2D eigenvalue weighted by Crippen LogP contribution is 2.25. The Morgan fingerprint density at radius 2 is 2.12 bits per heavy atom. The minimum absolute atomic E-state index is 0.0371. The van der Waals surface area contributed by atoms with E-state index in [0.717, 1.165) is 5.56 Å². The third-order valence-corrected chi connectivity index (χ3v) is 3.45. The van der Waals surface area contributed by atoms with Crippen LogP contribution in [0.4, 0.5) is 10.5 Å². The van der Waals surface area contributed by atoms with Gasteiger partial charge >= 0.3 is 6.03 Å². The lowest BCUT2D eigenvalue weighted by molar-refractivity contribution is -0.385. The molecule has 136 valence electrons. The van der Waals surface area contributed by atoms with Crippen LogP contribution in [0.2, 0.25) is 0 Å². The van der Waals surface area contributed by atoms with Crippen molar-refractivity contribution in [2.45, 2.75) is 13.5 Å². The zero-order chi connectivity index (χ0) is 19.1. The number of carbonyl (C=O) groups is 1. The summed E-state index contributed by atoms with van der Waals surface area (Å²) < 4.78 is 11.0. The number of nitro benzene ring substituents is 1. The summed E-state index contributed by atoms with van der Waals surface area (Å²) in [6.07, 6.45) is 1.43. The highest BCUT2D eigenvalue weighted by molar-refractivity contribution is 5.82. The van der Waals surface area contributed by atoms with Crippen LogP contribution in [0.5, 0.6) is 11.5 Å². The van der Waals surface area contributed by atoms with E-state index in [1.807, 2.05) is 0 Å². The fourth-order valence-corrected chi connectivity index (χ4v) is 2.25. The summed E-state index contributed by atoms with van der Waals surface area (Å²) in [5, 5.41) is 14.6. The van der Waals surface area contributed by atoms with Crippen molar-refractivity contribution < 1.29 is 19.2 Å². The summed E-state index contributed by atoms with van der Waals surface area (Å²) in [6, 6.07) is 9.07. The fourth-order valence-electron chi connectivity index (χ4n) is 2.25. The number of nitro groups is 1. The van der Waals surface area contributed by atoms with E-state index >= 15 is 0 Å². The van der Waals surface area contributed by atoms with Crippen LogP contribution in [-0.4, -0.2) is 24.3 Å². The van der Waals surface area contributed by atoms with Gasteiger partial charge in [0.05, 0.1) is 18.2 Å². The summed E-state index contributed by atoms with van der Waals surface area (Å²) in [5.41, 5.74) is 9.05. The zero-order valence-corrected chi connectivity index (χ0v) is 14.3. The smallest absolute Gasteiger partial charge is 0.332 e. The number of primary amides is 1. The number of amides is 2. The summed E-state index contributed by atoms with van der Waals surface area (Å²) in [5.74, 6) is 1.12. The molecule has 0 aliphatic rings. The second-order valence-electron chi connectivity index (χ2n) is 5.30. The Morgan fingerprint density at radius 1 is 1.35 bits per heavy atom. The average molecular weight is 358 g/mol. The molecule has 0 aliphatic heterocycles. The van der Waals surface area contributed by atoms with Crippen LogP contribution in [0, 0.1) is 17.0 Å². The molecule has 0 bridgehead atoms. The lowest BCUT2D eigenvalue weighted by Crippen LogP contribution is -2.24. The van der Waals surface area contributed by atoms with Crippen molar-refractivity contribution in [2.24, 2.45) is 10.8 Å². The largest absolute Gasteiger partial charge is 0.496 e. The number of hydrogen-bond donors (Lipinski definition) is 2. The number of nitrogens with zero attached hydrogens (tertiary/aromatic N) is 2. The van der Waals surface area contributed by atoms with Gasteiger partial charge in [-0.2, -0.15) is 5.10 Å². The van der Waals surface area contributed by atoms with Gasteiger partial charge in [0.15, 0.2) is 0 Å². The van der Waals surface area contributed by atoms with Crippen molar-refractivity contribution in [1.29, 1.82) is 0 Å². The van der Waals surface area contributed by atoms with Gasteiger partial charge in [-0.3, -0.25) is 10.1 Å². The van der Waals surface area contributed by atoms with E-state index in [4.69, 9.17) is 15.2 Å². The number of benzene rings is 2. The van der Waals surface area contributed by atoms with Crippen LogP contribution < -0.4 is 20.6 Å². The quantitative estimate of drug-likeness (QED) is 0.446. The third-order valence-electron chi connectivity index (χ3n) is 3.45. The van der Waals surface area contributed by atoms with Crippen LogP contribution in [0.25, 0.3) is 0 Å². The Labute approximate surface area is 149 Å². The Bertz CT molecular complexity index is 851. The standard InChI is InChI=1S/C17H18N4O5/c1-11-7-14(4-5-15(11)21(23)24)26-10-13-8-12(3-6-16(13)25-2)9-19-20-17(18)22/h3-9H,10H2,1-2H3,(H3,18,20,22). The molecule has 0 fully saturated rings. The van der Waals surface area contributed by atoms with Gasteiger partial charge in [0, 0.05) is 17.2 Å². The number of rotatable bonds is 7. The molecule has 0 spiro atoms. The number of hydrazone groups is 1. The number of nitrogens with one attached hydrogen (secondary N) is 1. The first-order chi connectivity index (χ1) is 12.4. The van der Waals surface area contributed by atoms with Gasteiger partial charge in [-0.05, 0) is 42.8 Å². The highest BCUT2D eigenvalue weighted by atomic mass is 16.6. The maximum absolute atomic E-state index is 10.9. The topological polar surface area (TPSA) is 129 Å². The maximum Gasteiger partial charge on any atom is 0.332 e. The molecule has 0 radical (unpaired) electrons. The summed E-state index contributed by atoms with van der Waals surface area (Å²) >= 11 is 0. The molecular weight excluding hydrogens is 340 g/mol. The van der Waals surface area contributed by atoms with Crippen molar-refractivity contribution >= 4 is 17.9 Å². The zero-order valence-electron chi connectivity index (χ0n) is 14.3. The van der Waals surface area contributed by atoms with E-state index in [9.17, 15) is 14.9 Å². The van der Waals surface area contributed by atoms with E-state index in [2.05, 4.69) is 10.5 Å². The van der Waals surface area contributed by atoms with E-state index in [1.165, 1.54) is 19.4 Å². The highest BCUT2D eigenvalue weighted by Gasteiger charge is 2.11. The molecule has 0 unspecified atom stereocenters. The summed E-state index contributed by atoms with van der Waals surface area (Å²) in [7, 11) is 1.54. The summed E-state index contributed by atoms with van der Waals surface area (Å²) in [6.45, 7) is 1.83. The lowest BCUT2D eigenvalue weighted by Gasteiger charge is -2.11. The number of ether oxygens (including phenoxy) is 2. The van der Waals surface area contributed by atoms with Crippen LogP contribution in [-0.2, 0) is 6.61 Å². The first-order valence-corrected chi connectivity index (χ1v) is 7.54. The number of urea groups is 1. The van der Waals surface area contributed by atoms with Gasteiger partial charge in [-0.1, -0.05) is 0 Å². The van der Waals surface area contributed by atoms with E-state index in [0.29, 0.717) is 22.6 Å². The first-order valence-electron chi connectivity index (χ1n) is 7.54. The molecule has 2 aromatic carbocycles. The van der Waals surface area contributed by atoms with Crippen molar-refractivity contribution in [2.75, 3.05) is 7.11 Å². The number of carbonyl (C=O) groups excluding carboxylic acids is 1. The number of hydrogen-bond acceptors (Lipinski definition) is 6. The maximum atomic E-state index is 10.9. The Hall–Kier alpha value is -3.62. The lowest BCUT2D eigenvalue weighted by atomic mass is 10.1. The third kappa shape index (κ3) is 4.94. The Kier molecular flexibility index (Phi) is 6.10. The molecule has 3 N–H and O–H groups in total.